The highest BCUT2D eigenvalue weighted by atomic mass is 35.5. The molecule has 26 heavy (non-hydrogen) atoms. The number of aromatic nitrogens is 2. The van der Waals surface area contributed by atoms with Gasteiger partial charge in [-0.25, -0.2) is 9.07 Å². The molecule has 1 aromatic heterocycles. The highest BCUT2D eigenvalue weighted by Crippen LogP contribution is 2.18. The molecule has 0 atom stereocenters. The number of nitrogens with zero attached hydrogens (tertiary/aromatic N) is 2. The molecule has 0 radical (unpaired) electrons. The highest BCUT2D eigenvalue weighted by Gasteiger charge is 2.09. The minimum absolute atomic E-state index is 0.113. The van der Waals surface area contributed by atoms with E-state index in [1.807, 2.05) is 24.3 Å². The van der Waals surface area contributed by atoms with Gasteiger partial charge in [0.15, 0.2) is 0 Å². The van der Waals surface area contributed by atoms with Gasteiger partial charge in [0.05, 0.1) is 18.5 Å². The lowest BCUT2D eigenvalue weighted by Gasteiger charge is -2.10. The van der Waals surface area contributed by atoms with Crippen LogP contribution in [0, 0.1) is 5.82 Å². The monoisotopic (exact) mass is 389 g/mol. The van der Waals surface area contributed by atoms with E-state index in [4.69, 9.17) is 11.6 Å². The Kier molecular flexibility index (Phi) is 6.30. The van der Waals surface area contributed by atoms with Crippen molar-refractivity contribution in [3.63, 3.8) is 0 Å². The zero-order valence-electron chi connectivity index (χ0n) is 13.9. The number of rotatable bonds is 7. The summed E-state index contributed by atoms with van der Waals surface area (Å²) in [6.45, 7) is 0.477. The molecule has 1 N–H and O–H groups in total. The lowest BCUT2D eigenvalue weighted by atomic mass is 10.2. The topological polar surface area (TPSA) is 46.9 Å². The Balaban J connectivity index is 1.52. The summed E-state index contributed by atoms with van der Waals surface area (Å²) in [5, 5.41) is 7.77. The lowest BCUT2D eigenvalue weighted by Crippen LogP contribution is -2.18. The molecule has 0 saturated carbocycles. The van der Waals surface area contributed by atoms with Crippen LogP contribution < -0.4 is 5.32 Å². The summed E-state index contributed by atoms with van der Waals surface area (Å²) >= 11 is 7.65. The first kappa shape index (κ1) is 18.5. The maximum atomic E-state index is 12.9. The van der Waals surface area contributed by atoms with Crippen LogP contribution in [0.3, 0.4) is 0 Å². The molecule has 0 aliphatic rings. The fourth-order valence-corrected chi connectivity index (χ4v) is 3.36. The first-order valence-electron chi connectivity index (χ1n) is 7.99. The van der Waals surface area contributed by atoms with Crippen LogP contribution in [0.25, 0.3) is 0 Å². The van der Waals surface area contributed by atoms with Crippen molar-refractivity contribution >= 4 is 35.1 Å². The Bertz CT molecular complexity index is 883. The van der Waals surface area contributed by atoms with E-state index in [9.17, 15) is 9.18 Å². The molecule has 3 aromatic rings. The predicted octanol–water partition coefficient (Wildman–Crippen LogP) is 4.60. The minimum Gasteiger partial charge on any atom is -0.310 e. The summed E-state index contributed by atoms with van der Waals surface area (Å²) in [6, 6.07) is 15.6. The van der Waals surface area contributed by atoms with Crippen LogP contribution in [0.15, 0.2) is 60.8 Å². The Morgan fingerprint density at radius 3 is 2.69 bits per heavy atom. The molecule has 2 aromatic carbocycles. The van der Waals surface area contributed by atoms with E-state index in [0.29, 0.717) is 28.9 Å². The summed E-state index contributed by atoms with van der Waals surface area (Å²) < 4.78 is 14.6. The Morgan fingerprint density at radius 2 is 1.92 bits per heavy atom. The third-order valence-corrected chi connectivity index (χ3v) is 5.05. The maximum absolute atomic E-state index is 12.9. The van der Waals surface area contributed by atoms with Gasteiger partial charge in [0.2, 0.25) is 5.91 Å². The maximum Gasteiger partial charge on any atom is 0.235 e. The van der Waals surface area contributed by atoms with Crippen LogP contribution in [-0.4, -0.2) is 21.4 Å². The van der Waals surface area contributed by atoms with Gasteiger partial charge in [-0.2, -0.15) is 5.10 Å². The van der Waals surface area contributed by atoms with Crippen LogP contribution in [0.1, 0.15) is 11.1 Å². The van der Waals surface area contributed by atoms with Gasteiger partial charge in [0, 0.05) is 16.8 Å². The molecule has 1 heterocycles. The standard InChI is InChI=1S/C19H17ClFN3OS/c20-17-4-2-1-3-15(17)11-24-18(9-10-22-24)23-19(25)13-26-12-14-5-7-16(21)8-6-14/h1-10H,11-13H2,(H,23,25). The highest BCUT2D eigenvalue weighted by molar-refractivity contribution is 7.99. The number of thioether (sulfide) groups is 1. The molecule has 0 unspecified atom stereocenters. The molecule has 0 spiro atoms. The van der Waals surface area contributed by atoms with Gasteiger partial charge in [-0.3, -0.25) is 4.79 Å². The molecule has 4 nitrogen and oxygen atoms in total. The molecule has 0 aliphatic heterocycles. The molecule has 0 saturated heterocycles. The van der Waals surface area contributed by atoms with Crippen molar-refractivity contribution in [2.45, 2.75) is 12.3 Å². The van der Waals surface area contributed by atoms with Crippen molar-refractivity contribution in [1.82, 2.24) is 9.78 Å². The number of carbonyl (C=O) groups excluding carboxylic acids is 1. The van der Waals surface area contributed by atoms with Gasteiger partial charge in [-0.05, 0) is 29.3 Å². The van der Waals surface area contributed by atoms with Gasteiger partial charge >= 0.3 is 0 Å². The number of hydrogen-bond acceptors (Lipinski definition) is 3. The van der Waals surface area contributed by atoms with E-state index in [1.165, 1.54) is 23.9 Å². The van der Waals surface area contributed by atoms with E-state index in [-0.39, 0.29) is 11.7 Å². The zero-order valence-corrected chi connectivity index (χ0v) is 15.4. The normalized spacial score (nSPS) is 10.7. The zero-order chi connectivity index (χ0) is 18.4. The van der Waals surface area contributed by atoms with E-state index < -0.39 is 0 Å². The minimum atomic E-state index is -0.261. The fourth-order valence-electron chi connectivity index (χ4n) is 2.37. The summed E-state index contributed by atoms with van der Waals surface area (Å²) in [6.07, 6.45) is 1.64. The van der Waals surface area contributed by atoms with Crippen LogP contribution in [0.5, 0.6) is 0 Å². The van der Waals surface area contributed by atoms with E-state index in [2.05, 4.69) is 10.4 Å². The molecular weight excluding hydrogens is 373 g/mol. The molecule has 0 fully saturated rings. The van der Waals surface area contributed by atoms with Crippen molar-refractivity contribution in [3.05, 3.63) is 82.8 Å². The molecule has 3 rings (SSSR count). The average Bonchev–Trinajstić information content (AvgIpc) is 3.05. The van der Waals surface area contributed by atoms with Crippen molar-refractivity contribution in [2.75, 3.05) is 11.1 Å². The van der Waals surface area contributed by atoms with E-state index >= 15 is 0 Å². The van der Waals surface area contributed by atoms with Crippen LogP contribution in [0.4, 0.5) is 10.2 Å². The van der Waals surface area contributed by atoms with Crippen molar-refractivity contribution in [3.8, 4) is 0 Å². The number of halogens is 2. The number of nitrogens with one attached hydrogen (secondary N) is 1. The number of carbonyl (C=O) groups is 1. The van der Waals surface area contributed by atoms with Crippen molar-refractivity contribution in [1.29, 1.82) is 0 Å². The fraction of sp³-hybridized carbons (Fsp3) is 0.158. The molecule has 0 aliphatic carbocycles. The summed E-state index contributed by atoms with van der Waals surface area (Å²) in [5.74, 6) is 1.19. The van der Waals surface area contributed by atoms with Crippen molar-refractivity contribution < 1.29 is 9.18 Å². The second-order valence-corrected chi connectivity index (χ2v) is 7.03. The second kappa shape index (κ2) is 8.87. The van der Waals surface area contributed by atoms with Crippen LogP contribution in [0.2, 0.25) is 5.02 Å². The molecule has 0 bridgehead atoms. The number of anilines is 1. The Morgan fingerprint density at radius 1 is 1.15 bits per heavy atom. The van der Waals surface area contributed by atoms with E-state index in [1.54, 1.807) is 29.1 Å². The smallest absolute Gasteiger partial charge is 0.235 e. The third-order valence-electron chi connectivity index (χ3n) is 3.68. The summed E-state index contributed by atoms with van der Waals surface area (Å²) in [7, 11) is 0. The Hall–Kier alpha value is -2.31. The Labute approximate surface area is 160 Å². The predicted molar refractivity (Wildman–Crippen MR) is 104 cm³/mol. The number of benzene rings is 2. The largest absolute Gasteiger partial charge is 0.310 e. The van der Waals surface area contributed by atoms with Gasteiger partial charge < -0.3 is 5.32 Å². The van der Waals surface area contributed by atoms with E-state index in [0.717, 1.165) is 11.1 Å². The van der Waals surface area contributed by atoms with Crippen LogP contribution in [-0.2, 0) is 17.1 Å². The molecule has 7 heteroatoms. The average molecular weight is 390 g/mol. The molecular formula is C19H17ClFN3OS. The van der Waals surface area contributed by atoms with Gasteiger partial charge in [-0.15, -0.1) is 11.8 Å². The van der Waals surface area contributed by atoms with Crippen LogP contribution >= 0.6 is 23.4 Å². The summed E-state index contributed by atoms with van der Waals surface area (Å²) in [5.41, 5.74) is 1.91. The first-order valence-corrected chi connectivity index (χ1v) is 9.52. The van der Waals surface area contributed by atoms with Gasteiger partial charge in [-0.1, -0.05) is 41.9 Å². The first-order chi connectivity index (χ1) is 12.6. The number of hydrogen-bond donors (Lipinski definition) is 1. The second-order valence-electron chi connectivity index (χ2n) is 5.63. The molecule has 134 valence electrons. The molecule has 1 amide bonds. The quantitative estimate of drug-likeness (QED) is 0.642. The summed E-state index contributed by atoms with van der Waals surface area (Å²) in [4.78, 5) is 12.2. The SMILES string of the molecule is O=C(CSCc1ccc(F)cc1)Nc1ccnn1Cc1ccccc1Cl. The number of amides is 1. The van der Waals surface area contributed by atoms with Gasteiger partial charge in [0.25, 0.3) is 0 Å². The third kappa shape index (κ3) is 5.09. The lowest BCUT2D eigenvalue weighted by molar-refractivity contribution is -0.113. The van der Waals surface area contributed by atoms with Crippen molar-refractivity contribution in [2.24, 2.45) is 0 Å². The van der Waals surface area contributed by atoms with Gasteiger partial charge in [0.1, 0.15) is 11.6 Å².